The van der Waals surface area contributed by atoms with Crippen molar-refractivity contribution in [2.45, 2.75) is 26.2 Å². The third kappa shape index (κ3) is 4.61. The van der Waals surface area contributed by atoms with E-state index < -0.39 is 0 Å². The van der Waals surface area contributed by atoms with Crippen molar-refractivity contribution in [3.8, 4) is 5.75 Å². The van der Waals surface area contributed by atoms with E-state index in [1.807, 2.05) is 0 Å². The standard InChI is InChI=1S/C18H19ClO2/c1-13-3-5-14(6-4-13)7-9-17(20)12-15-11-16(19)8-10-18(15)21-2/h3-6,8,10-11H,7,9,12H2,1-2H3. The molecule has 0 saturated carbocycles. The van der Waals surface area contributed by atoms with Crippen LogP contribution < -0.4 is 4.74 Å². The van der Waals surface area contributed by atoms with Crippen molar-refractivity contribution in [3.63, 3.8) is 0 Å². The number of hydrogen-bond acceptors (Lipinski definition) is 2. The zero-order valence-electron chi connectivity index (χ0n) is 12.4. The summed E-state index contributed by atoms with van der Waals surface area (Å²) in [6, 6.07) is 13.6. The summed E-state index contributed by atoms with van der Waals surface area (Å²) in [4.78, 5) is 12.1. The Hall–Kier alpha value is -1.80. The van der Waals surface area contributed by atoms with E-state index in [1.54, 1.807) is 25.3 Å². The Bertz CT molecular complexity index is 618. The van der Waals surface area contributed by atoms with E-state index in [0.29, 0.717) is 23.6 Å². The molecule has 2 rings (SSSR count). The quantitative estimate of drug-likeness (QED) is 0.790. The van der Waals surface area contributed by atoms with Crippen LogP contribution in [0.15, 0.2) is 42.5 Å². The maximum atomic E-state index is 12.1. The van der Waals surface area contributed by atoms with Crippen LogP contribution in [0.2, 0.25) is 5.02 Å². The van der Waals surface area contributed by atoms with Crippen LogP contribution in [0.25, 0.3) is 0 Å². The van der Waals surface area contributed by atoms with Gasteiger partial charge in [-0.05, 0) is 37.1 Å². The lowest BCUT2D eigenvalue weighted by molar-refractivity contribution is -0.118. The molecular formula is C18H19ClO2. The number of Topliss-reactive ketones (excluding diaryl/α,β-unsaturated/α-hetero) is 1. The second kappa shape index (κ2) is 7.28. The summed E-state index contributed by atoms with van der Waals surface area (Å²) in [7, 11) is 1.60. The number of carbonyl (C=O) groups excluding carboxylic acids is 1. The Balaban J connectivity index is 1.95. The number of ketones is 1. The van der Waals surface area contributed by atoms with Crippen molar-refractivity contribution in [1.82, 2.24) is 0 Å². The molecule has 2 aromatic rings. The van der Waals surface area contributed by atoms with E-state index in [0.717, 1.165) is 12.0 Å². The highest BCUT2D eigenvalue weighted by Gasteiger charge is 2.10. The zero-order valence-corrected chi connectivity index (χ0v) is 13.1. The van der Waals surface area contributed by atoms with Crippen LogP contribution in [-0.2, 0) is 17.6 Å². The molecule has 2 aromatic carbocycles. The molecule has 0 heterocycles. The Morgan fingerprint density at radius 1 is 1.14 bits per heavy atom. The number of hydrogen-bond donors (Lipinski definition) is 0. The lowest BCUT2D eigenvalue weighted by atomic mass is 10.0. The molecule has 0 fully saturated rings. The van der Waals surface area contributed by atoms with Crippen LogP contribution in [0, 0.1) is 6.92 Å². The van der Waals surface area contributed by atoms with Crippen LogP contribution in [0.4, 0.5) is 0 Å². The number of methoxy groups -OCH3 is 1. The third-order valence-electron chi connectivity index (χ3n) is 3.44. The lowest BCUT2D eigenvalue weighted by Crippen LogP contribution is -2.05. The van der Waals surface area contributed by atoms with Crippen molar-refractivity contribution in [1.29, 1.82) is 0 Å². The summed E-state index contributed by atoms with van der Waals surface area (Å²) in [6.45, 7) is 2.06. The number of aryl methyl sites for hydroxylation is 2. The van der Waals surface area contributed by atoms with Crippen molar-refractivity contribution in [2.24, 2.45) is 0 Å². The van der Waals surface area contributed by atoms with Gasteiger partial charge >= 0.3 is 0 Å². The number of rotatable bonds is 6. The fourth-order valence-electron chi connectivity index (χ4n) is 2.22. The molecular weight excluding hydrogens is 284 g/mol. The first-order chi connectivity index (χ1) is 10.1. The minimum absolute atomic E-state index is 0.191. The molecule has 0 atom stereocenters. The van der Waals surface area contributed by atoms with E-state index in [1.165, 1.54) is 11.1 Å². The molecule has 0 aromatic heterocycles. The van der Waals surface area contributed by atoms with Crippen LogP contribution in [0.3, 0.4) is 0 Å². The Kier molecular flexibility index (Phi) is 5.40. The summed E-state index contributed by atoms with van der Waals surface area (Å²) in [5.74, 6) is 0.902. The van der Waals surface area contributed by atoms with Gasteiger partial charge in [0.2, 0.25) is 0 Å². The average molecular weight is 303 g/mol. The van der Waals surface area contributed by atoms with E-state index in [9.17, 15) is 4.79 Å². The molecule has 3 heteroatoms. The topological polar surface area (TPSA) is 26.3 Å². The number of benzene rings is 2. The normalized spacial score (nSPS) is 10.4. The molecule has 0 amide bonds. The van der Waals surface area contributed by atoms with E-state index in [4.69, 9.17) is 16.3 Å². The van der Waals surface area contributed by atoms with Gasteiger partial charge in [-0.2, -0.15) is 0 Å². The molecule has 110 valence electrons. The van der Waals surface area contributed by atoms with Crippen LogP contribution in [0.5, 0.6) is 5.75 Å². The van der Waals surface area contributed by atoms with Gasteiger partial charge in [-0.1, -0.05) is 41.4 Å². The molecule has 0 bridgehead atoms. The summed E-state index contributed by atoms with van der Waals surface area (Å²) >= 11 is 5.98. The predicted octanol–water partition coefficient (Wildman–Crippen LogP) is 4.40. The molecule has 0 N–H and O–H groups in total. The average Bonchev–Trinajstić information content (AvgIpc) is 2.47. The lowest BCUT2D eigenvalue weighted by Gasteiger charge is -2.08. The first-order valence-electron chi connectivity index (χ1n) is 6.98. The monoisotopic (exact) mass is 302 g/mol. The molecule has 0 aliphatic rings. The molecule has 0 aliphatic carbocycles. The van der Waals surface area contributed by atoms with Gasteiger partial charge in [0.15, 0.2) is 0 Å². The smallest absolute Gasteiger partial charge is 0.137 e. The SMILES string of the molecule is COc1ccc(Cl)cc1CC(=O)CCc1ccc(C)cc1. The molecule has 2 nitrogen and oxygen atoms in total. The van der Waals surface area contributed by atoms with Gasteiger partial charge in [0.05, 0.1) is 7.11 Å². The maximum Gasteiger partial charge on any atom is 0.137 e. The van der Waals surface area contributed by atoms with Gasteiger partial charge < -0.3 is 4.74 Å². The molecule has 0 unspecified atom stereocenters. The summed E-state index contributed by atoms with van der Waals surface area (Å²) < 4.78 is 5.27. The number of carbonyl (C=O) groups is 1. The van der Waals surface area contributed by atoms with Crippen molar-refractivity contribution in [3.05, 3.63) is 64.2 Å². The van der Waals surface area contributed by atoms with Crippen molar-refractivity contribution in [2.75, 3.05) is 7.11 Å². The first kappa shape index (κ1) is 15.6. The van der Waals surface area contributed by atoms with Crippen LogP contribution >= 0.6 is 11.6 Å². The highest BCUT2D eigenvalue weighted by atomic mass is 35.5. The third-order valence-corrected chi connectivity index (χ3v) is 3.68. The highest BCUT2D eigenvalue weighted by molar-refractivity contribution is 6.30. The number of ether oxygens (including phenoxy) is 1. The van der Waals surface area contributed by atoms with Crippen LogP contribution in [-0.4, -0.2) is 12.9 Å². The van der Waals surface area contributed by atoms with Gasteiger partial charge in [0, 0.05) is 23.4 Å². The van der Waals surface area contributed by atoms with Gasteiger partial charge in [-0.3, -0.25) is 4.79 Å². The number of halogens is 1. The minimum atomic E-state index is 0.191. The zero-order chi connectivity index (χ0) is 15.2. The summed E-state index contributed by atoms with van der Waals surface area (Å²) in [5.41, 5.74) is 3.26. The fourth-order valence-corrected chi connectivity index (χ4v) is 2.42. The predicted molar refractivity (Wildman–Crippen MR) is 86.2 cm³/mol. The van der Waals surface area contributed by atoms with Gasteiger partial charge in [0.25, 0.3) is 0 Å². The molecule has 0 saturated heterocycles. The highest BCUT2D eigenvalue weighted by Crippen LogP contribution is 2.23. The Morgan fingerprint density at radius 3 is 2.52 bits per heavy atom. The minimum Gasteiger partial charge on any atom is -0.496 e. The van der Waals surface area contributed by atoms with E-state index in [2.05, 4.69) is 31.2 Å². The van der Waals surface area contributed by atoms with Crippen LogP contribution in [0.1, 0.15) is 23.1 Å². The second-order valence-electron chi connectivity index (χ2n) is 5.16. The molecule has 0 radical (unpaired) electrons. The van der Waals surface area contributed by atoms with Gasteiger partial charge in [-0.15, -0.1) is 0 Å². The molecule has 0 spiro atoms. The largest absolute Gasteiger partial charge is 0.496 e. The summed E-state index contributed by atoms with van der Waals surface area (Å²) in [6.07, 6.45) is 1.65. The van der Waals surface area contributed by atoms with Gasteiger partial charge in [-0.25, -0.2) is 0 Å². The fraction of sp³-hybridized carbons (Fsp3) is 0.278. The second-order valence-corrected chi connectivity index (χ2v) is 5.59. The van der Waals surface area contributed by atoms with E-state index >= 15 is 0 Å². The molecule has 0 aliphatic heterocycles. The maximum absolute atomic E-state index is 12.1. The van der Waals surface area contributed by atoms with E-state index in [-0.39, 0.29) is 5.78 Å². The first-order valence-corrected chi connectivity index (χ1v) is 7.36. The van der Waals surface area contributed by atoms with Crippen molar-refractivity contribution >= 4 is 17.4 Å². The van der Waals surface area contributed by atoms with Gasteiger partial charge in [0.1, 0.15) is 11.5 Å². The Morgan fingerprint density at radius 2 is 1.86 bits per heavy atom. The van der Waals surface area contributed by atoms with Crippen molar-refractivity contribution < 1.29 is 9.53 Å². The molecule has 21 heavy (non-hydrogen) atoms. The Labute approximate surface area is 130 Å². The summed E-state index contributed by atoms with van der Waals surface area (Å²) in [5, 5.41) is 0.622.